The van der Waals surface area contributed by atoms with Gasteiger partial charge in [-0.1, -0.05) is 5.57 Å². The number of methoxy groups -OCH3 is 1. The molecule has 0 heterocycles. The third kappa shape index (κ3) is 3.18. The Labute approximate surface area is 67.2 Å². The number of hydrogen-bond acceptors (Lipinski definition) is 3. The molecule has 0 aromatic rings. The van der Waals surface area contributed by atoms with Crippen molar-refractivity contribution in [3.63, 3.8) is 0 Å². The SMILES string of the molecule is COC(=O)C(CCN)=C(C)C. The van der Waals surface area contributed by atoms with Gasteiger partial charge in [-0.05, 0) is 26.8 Å². The highest BCUT2D eigenvalue weighted by atomic mass is 16.5. The molecule has 0 unspecified atom stereocenters. The van der Waals surface area contributed by atoms with Gasteiger partial charge in [0.05, 0.1) is 7.11 Å². The summed E-state index contributed by atoms with van der Waals surface area (Å²) >= 11 is 0. The molecule has 0 rings (SSSR count). The van der Waals surface area contributed by atoms with Crippen LogP contribution in [0.2, 0.25) is 0 Å². The molecule has 0 fully saturated rings. The van der Waals surface area contributed by atoms with Crippen molar-refractivity contribution in [3.05, 3.63) is 11.1 Å². The van der Waals surface area contributed by atoms with Gasteiger partial charge in [0, 0.05) is 5.57 Å². The van der Waals surface area contributed by atoms with Crippen LogP contribution in [0.5, 0.6) is 0 Å². The lowest BCUT2D eigenvalue weighted by Gasteiger charge is -2.04. The van der Waals surface area contributed by atoms with Crippen LogP contribution in [0.15, 0.2) is 11.1 Å². The van der Waals surface area contributed by atoms with E-state index in [1.807, 2.05) is 13.8 Å². The second-order valence-corrected chi connectivity index (χ2v) is 2.51. The van der Waals surface area contributed by atoms with E-state index in [0.29, 0.717) is 18.5 Å². The Hall–Kier alpha value is -0.830. The van der Waals surface area contributed by atoms with Gasteiger partial charge < -0.3 is 10.5 Å². The first-order valence-corrected chi connectivity index (χ1v) is 3.58. The van der Waals surface area contributed by atoms with Crippen LogP contribution in [0.1, 0.15) is 20.3 Å². The van der Waals surface area contributed by atoms with Crippen molar-refractivity contribution in [1.82, 2.24) is 0 Å². The maximum atomic E-state index is 11.0. The molecule has 0 aromatic heterocycles. The first-order chi connectivity index (χ1) is 5.13. The summed E-state index contributed by atoms with van der Waals surface area (Å²) in [6.07, 6.45) is 0.592. The standard InChI is InChI=1S/C8H15NO2/c1-6(2)7(4-5-9)8(10)11-3/h4-5,9H2,1-3H3. The summed E-state index contributed by atoms with van der Waals surface area (Å²) < 4.78 is 4.57. The molecule has 0 saturated heterocycles. The number of esters is 1. The molecule has 0 saturated carbocycles. The summed E-state index contributed by atoms with van der Waals surface area (Å²) in [5, 5.41) is 0. The van der Waals surface area contributed by atoms with Crippen LogP contribution >= 0.6 is 0 Å². The van der Waals surface area contributed by atoms with Crippen LogP contribution in [0.3, 0.4) is 0 Å². The third-order valence-electron chi connectivity index (χ3n) is 1.43. The highest BCUT2D eigenvalue weighted by Crippen LogP contribution is 2.08. The predicted molar refractivity (Wildman–Crippen MR) is 44.1 cm³/mol. The molecule has 3 heteroatoms. The molecule has 0 atom stereocenters. The van der Waals surface area contributed by atoms with Gasteiger partial charge in [-0.2, -0.15) is 0 Å². The highest BCUT2D eigenvalue weighted by molar-refractivity contribution is 5.89. The van der Waals surface area contributed by atoms with Crippen LogP contribution in [0, 0.1) is 0 Å². The van der Waals surface area contributed by atoms with Crippen molar-refractivity contribution in [2.24, 2.45) is 5.73 Å². The molecule has 2 N–H and O–H groups in total. The average molecular weight is 157 g/mol. The molecule has 0 aliphatic carbocycles. The summed E-state index contributed by atoms with van der Waals surface area (Å²) in [5.41, 5.74) is 6.98. The lowest BCUT2D eigenvalue weighted by molar-refractivity contribution is -0.136. The quantitative estimate of drug-likeness (QED) is 0.488. The van der Waals surface area contributed by atoms with Crippen molar-refractivity contribution in [2.45, 2.75) is 20.3 Å². The Balaban J connectivity index is 4.36. The van der Waals surface area contributed by atoms with Crippen LogP contribution in [-0.4, -0.2) is 19.6 Å². The molecule has 0 amide bonds. The van der Waals surface area contributed by atoms with Gasteiger partial charge in [-0.3, -0.25) is 0 Å². The number of carbonyl (C=O) groups is 1. The summed E-state index contributed by atoms with van der Waals surface area (Å²) in [6, 6.07) is 0. The molecule has 0 aromatic carbocycles. The molecular weight excluding hydrogens is 142 g/mol. The van der Waals surface area contributed by atoms with E-state index in [4.69, 9.17) is 5.73 Å². The fourth-order valence-corrected chi connectivity index (χ4v) is 0.824. The van der Waals surface area contributed by atoms with Crippen molar-refractivity contribution in [1.29, 1.82) is 0 Å². The predicted octanol–water partition coefficient (Wildman–Crippen LogP) is 0.845. The zero-order valence-corrected chi connectivity index (χ0v) is 7.31. The van der Waals surface area contributed by atoms with Gasteiger partial charge in [-0.25, -0.2) is 4.79 Å². The second kappa shape index (κ2) is 4.91. The number of allylic oxidation sites excluding steroid dienone is 1. The minimum absolute atomic E-state index is 0.268. The highest BCUT2D eigenvalue weighted by Gasteiger charge is 2.09. The number of carbonyl (C=O) groups excluding carboxylic acids is 1. The Morgan fingerprint density at radius 2 is 2.00 bits per heavy atom. The largest absolute Gasteiger partial charge is 0.466 e. The fraction of sp³-hybridized carbons (Fsp3) is 0.625. The molecule has 0 aliphatic rings. The van der Waals surface area contributed by atoms with Crippen LogP contribution in [-0.2, 0) is 9.53 Å². The van der Waals surface area contributed by atoms with Gasteiger partial charge in [0.1, 0.15) is 0 Å². The first-order valence-electron chi connectivity index (χ1n) is 3.58. The van der Waals surface area contributed by atoms with E-state index in [-0.39, 0.29) is 5.97 Å². The van der Waals surface area contributed by atoms with Crippen molar-refractivity contribution in [2.75, 3.05) is 13.7 Å². The Morgan fingerprint density at radius 1 is 1.45 bits per heavy atom. The van der Waals surface area contributed by atoms with E-state index in [1.54, 1.807) is 0 Å². The molecule has 0 bridgehead atoms. The summed E-state index contributed by atoms with van der Waals surface area (Å²) in [7, 11) is 1.38. The smallest absolute Gasteiger partial charge is 0.333 e. The van der Waals surface area contributed by atoms with E-state index < -0.39 is 0 Å². The molecular formula is C8H15NO2. The van der Waals surface area contributed by atoms with E-state index in [1.165, 1.54) is 7.11 Å². The van der Waals surface area contributed by atoms with E-state index in [2.05, 4.69) is 4.74 Å². The van der Waals surface area contributed by atoms with E-state index in [0.717, 1.165) is 5.57 Å². The topological polar surface area (TPSA) is 52.3 Å². The fourth-order valence-electron chi connectivity index (χ4n) is 0.824. The lowest BCUT2D eigenvalue weighted by atomic mass is 10.1. The van der Waals surface area contributed by atoms with Crippen LogP contribution in [0.4, 0.5) is 0 Å². The lowest BCUT2D eigenvalue weighted by Crippen LogP contribution is -2.11. The molecule has 0 spiro atoms. The minimum atomic E-state index is -0.268. The summed E-state index contributed by atoms with van der Waals surface area (Å²) in [6.45, 7) is 4.24. The Morgan fingerprint density at radius 3 is 2.27 bits per heavy atom. The number of rotatable bonds is 3. The van der Waals surface area contributed by atoms with Gasteiger partial charge in [0.15, 0.2) is 0 Å². The van der Waals surface area contributed by atoms with E-state index in [9.17, 15) is 4.79 Å². The van der Waals surface area contributed by atoms with Gasteiger partial charge in [0.2, 0.25) is 0 Å². The van der Waals surface area contributed by atoms with Crippen LogP contribution in [0.25, 0.3) is 0 Å². The second-order valence-electron chi connectivity index (χ2n) is 2.51. The Kier molecular flexibility index (Phi) is 4.54. The maximum absolute atomic E-state index is 11.0. The van der Waals surface area contributed by atoms with Crippen molar-refractivity contribution in [3.8, 4) is 0 Å². The normalized spacial score (nSPS) is 9.09. The molecule has 0 aliphatic heterocycles. The molecule has 3 nitrogen and oxygen atoms in total. The van der Waals surface area contributed by atoms with Gasteiger partial charge >= 0.3 is 5.97 Å². The first kappa shape index (κ1) is 10.2. The van der Waals surface area contributed by atoms with Gasteiger partial charge in [-0.15, -0.1) is 0 Å². The number of hydrogen-bond donors (Lipinski definition) is 1. The maximum Gasteiger partial charge on any atom is 0.333 e. The zero-order valence-electron chi connectivity index (χ0n) is 7.31. The Bertz CT molecular complexity index is 169. The van der Waals surface area contributed by atoms with Crippen LogP contribution < -0.4 is 5.73 Å². The van der Waals surface area contributed by atoms with E-state index >= 15 is 0 Å². The third-order valence-corrected chi connectivity index (χ3v) is 1.43. The monoisotopic (exact) mass is 157 g/mol. The van der Waals surface area contributed by atoms with Gasteiger partial charge in [0.25, 0.3) is 0 Å². The number of nitrogens with two attached hydrogens (primary N) is 1. The average Bonchev–Trinajstić information content (AvgIpc) is 1.98. The van der Waals surface area contributed by atoms with Crippen molar-refractivity contribution < 1.29 is 9.53 Å². The summed E-state index contributed by atoms with van der Waals surface area (Å²) in [4.78, 5) is 11.0. The minimum Gasteiger partial charge on any atom is -0.466 e. The summed E-state index contributed by atoms with van der Waals surface area (Å²) in [5.74, 6) is -0.268. The number of ether oxygens (including phenoxy) is 1. The zero-order chi connectivity index (χ0) is 8.85. The molecule has 11 heavy (non-hydrogen) atoms. The molecule has 0 radical (unpaired) electrons. The van der Waals surface area contributed by atoms with Crippen molar-refractivity contribution >= 4 is 5.97 Å². The molecule has 64 valence electrons.